The summed E-state index contributed by atoms with van der Waals surface area (Å²) in [6.45, 7) is 0.547. The van der Waals surface area contributed by atoms with Crippen LogP contribution in [0.15, 0.2) is 22.7 Å². The molecule has 0 bridgehead atoms. The summed E-state index contributed by atoms with van der Waals surface area (Å²) in [5.41, 5.74) is 5.39. The molecular formula is C9H9ClN2OS. The van der Waals surface area contributed by atoms with Crippen LogP contribution in [-0.4, -0.2) is 11.5 Å². The van der Waals surface area contributed by atoms with Gasteiger partial charge >= 0.3 is 0 Å². The molecule has 2 aromatic rings. The van der Waals surface area contributed by atoms with Crippen molar-refractivity contribution in [2.24, 2.45) is 5.73 Å². The predicted molar refractivity (Wildman–Crippen MR) is 57.6 cm³/mol. The Labute approximate surface area is 90.5 Å². The van der Waals surface area contributed by atoms with Crippen LogP contribution in [0.3, 0.4) is 0 Å². The van der Waals surface area contributed by atoms with E-state index in [-0.39, 0.29) is 0 Å². The molecule has 14 heavy (non-hydrogen) atoms. The van der Waals surface area contributed by atoms with E-state index in [1.54, 1.807) is 6.20 Å². The summed E-state index contributed by atoms with van der Waals surface area (Å²) in [5.74, 6) is 1.43. The van der Waals surface area contributed by atoms with Crippen LogP contribution in [0.4, 0.5) is 0 Å². The van der Waals surface area contributed by atoms with Crippen molar-refractivity contribution >= 4 is 22.9 Å². The lowest BCUT2D eigenvalue weighted by Gasteiger charge is -1.89. The van der Waals surface area contributed by atoms with E-state index in [9.17, 15) is 0 Å². The number of halogens is 1. The lowest BCUT2D eigenvalue weighted by Crippen LogP contribution is -2.02. The van der Waals surface area contributed by atoms with E-state index in [0.29, 0.717) is 18.9 Å². The van der Waals surface area contributed by atoms with Crippen molar-refractivity contribution in [2.45, 2.75) is 6.42 Å². The van der Waals surface area contributed by atoms with Gasteiger partial charge in [0.05, 0.1) is 15.4 Å². The molecule has 0 radical (unpaired) electrons. The standard InChI is InChI=1S/C9H9ClN2OS/c10-8-2-1-7(14-8)6-5-12-9(13-6)3-4-11/h1-2,5H,3-4,11H2. The molecule has 0 aliphatic heterocycles. The highest BCUT2D eigenvalue weighted by atomic mass is 35.5. The second-order valence-corrected chi connectivity index (χ2v) is 4.48. The van der Waals surface area contributed by atoms with Crippen molar-refractivity contribution < 1.29 is 4.42 Å². The maximum atomic E-state index is 5.81. The Morgan fingerprint density at radius 3 is 3.00 bits per heavy atom. The first-order chi connectivity index (χ1) is 6.79. The van der Waals surface area contributed by atoms with Gasteiger partial charge in [0, 0.05) is 13.0 Å². The Morgan fingerprint density at radius 2 is 2.36 bits per heavy atom. The molecule has 2 rings (SSSR count). The van der Waals surface area contributed by atoms with Gasteiger partial charge in [0.2, 0.25) is 0 Å². The summed E-state index contributed by atoms with van der Waals surface area (Å²) in [4.78, 5) is 5.10. The minimum Gasteiger partial charge on any atom is -0.440 e. The Morgan fingerprint density at radius 1 is 1.50 bits per heavy atom. The molecule has 74 valence electrons. The first-order valence-corrected chi connectivity index (χ1v) is 5.39. The van der Waals surface area contributed by atoms with Crippen LogP contribution < -0.4 is 5.73 Å². The van der Waals surface area contributed by atoms with Gasteiger partial charge in [0.1, 0.15) is 0 Å². The van der Waals surface area contributed by atoms with Crippen LogP contribution in [0, 0.1) is 0 Å². The summed E-state index contributed by atoms with van der Waals surface area (Å²) in [5, 5.41) is 0. The third-order valence-electron chi connectivity index (χ3n) is 1.73. The van der Waals surface area contributed by atoms with Gasteiger partial charge in [-0.25, -0.2) is 4.98 Å². The lowest BCUT2D eigenvalue weighted by molar-refractivity contribution is 0.509. The van der Waals surface area contributed by atoms with E-state index in [4.69, 9.17) is 21.8 Å². The molecule has 2 aromatic heterocycles. The third kappa shape index (κ3) is 1.97. The molecule has 3 nitrogen and oxygen atoms in total. The van der Waals surface area contributed by atoms with E-state index in [1.807, 2.05) is 12.1 Å². The Balaban J connectivity index is 2.24. The van der Waals surface area contributed by atoms with Crippen LogP contribution in [0.2, 0.25) is 4.34 Å². The summed E-state index contributed by atoms with van der Waals surface area (Å²) < 4.78 is 6.23. The topological polar surface area (TPSA) is 52.0 Å². The Kier molecular flexibility index (Phi) is 2.86. The number of thiophene rings is 1. The molecular weight excluding hydrogens is 220 g/mol. The highest BCUT2D eigenvalue weighted by molar-refractivity contribution is 7.19. The number of nitrogens with zero attached hydrogens (tertiary/aromatic N) is 1. The number of hydrogen-bond donors (Lipinski definition) is 1. The van der Waals surface area contributed by atoms with Crippen molar-refractivity contribution in [3.8, 4) is 10.6 Å². The molecule has 5 heteroatoms. The normalized spacial score (nSPS) is 10.7. The first kappa shape index (κ1) is 9.71. The molecule has 0 aliphatic rings. The highest BCUT2D eigenvalue weighted by Gasteiger charge is 2.07. The molecule has 0 amide bonds. The summed E-state index contributed by atoms with van der Waals surface area (Å²) in [6.07, 6.45) is 2.37. The molecule has 0 saturated carbocycles. The van der Waals surface area contributed by atoms with Gasteiger partial charge < -0.3 is 10.2 Å². The fraction of sp³-hybridized carbons (Fsp3) is 0.222. The zero-order valence-corrected chi connectivity index (χ0v) is 8.94. The van der Waals surface area contributed by atoms with Gasteiger partial charge in [-0.2, -0.15) is 0 Å². The van der Waals surface area contributed by atoms with Crippen molar-refractivity contribution in [2.75, 3.05) is 6.54 Å². The molecule has 0 saturated heterocycles. The molecule has 0 aliphatic carbocycles. The predicted octanol–water partition coefficient (Wildman–Crippen LogP) is 2.56. The van der Waals surface area contributed by atoms with Gasteiger partial charge in [-0.05, 0) is 12.1 Å². The number of oxazole rings is 1. The zero-order valence-electron chi connectivity index (χ0n) is 7.37. The van der Waals surface area contributed by atoms with E-state index >= 15 is 0 Å². The number of aromatic nitrogens is 1. The fourth-order valence-corrected chi connectivity index (χ4v) is 2.10. The van der Waals surface area contributed by atoms with Crippen molar-refractivity contribution in [1.29, 1.82) is 0 Å². The van der Waals surface area contributed by atoms with Gasteiger partial charge in [-0.3, -0.25) is 0 Å². The monoisotopic (exact) mass is 228 g/mol. The van der Waals surface area contributed by atoms with Crippen LogP contribution in [0.1, 0.15) is 5.89 Å². The van der Waals surface area contributed by atoms with E-state index in [1.165, 1.54) is 11.3 Å². The van der Waals surface area contributed by atoms with E-state index < -0.39 is 0 Å². The average molecular weight is 229 g/mol. The smallest absolute Gasteiger partial charge is 0.196 e. The molecule has 0 fully saturated rings. The quantitative estimate of drug-likeness (QED) is 0.879. The van der Waals surface area contributed by atoms with Crippen LogP contribution in [0.25, 0.3) is 10.6 Å². The minimum atomic E-state index is 0.547. The first-order valence-electron chi connectivity index (χ1n) is 4.20. The number of nitrogens with two attached hydrogens (primary N) is 1. The van der Waals surface area contributed by atoms with Crippen LogP contribution >= 0.6 is 22.9 Å². The fourth-order valence-electron chi connectivity index (χ4n) is 1.11. The van der Waals surface area contributed by atoms with Crippen molar-refractivity contribution in [3.63, 3.8) is 0 Å². The van der Waals surface area contributed by atoms with E-state index in [0.717, 1.165) is 15.0 Å². The molecule has 0 spiro atoms. The number of hydrogen-bond acceptors (Lipinski definition) is 4. The van der Waals surface area contributed by atoms with Gasteiger partial charge in [0.15, 0.2) is 11.7 Å². The Bertz CT molecular complexity index is 424. The maximum absolute atomic E-state index is 5.81. The SMILES string of the molecule is NCCc1ncc(-c2ccc(Cl)s2)o1. The minimum absolute atomic E-state index is 0.547. The molecule has 2 heterocycles. The van der Waals surface area contributed by atoms with Crippen LogP contribution in [0.5, 0.6) is 0 Å². The number of rotatable bonds is 3. The molecule has 0 atom stereocenters. The van der Waals surface area contributed by atoms with Crippen molar-refractivity contribution in [1.82, 2.24) is 4.98 Å². The largest absolute Gasteiger partial charge is 0.440 e. The highest BCUT2D eigenvalue weighted by Crippen LogP contribution is 2.31. The van der Waals surface area contributed by atoms with Crippen molar-refractivity contribution in [3.05, 3.63) is 28.6 Å². The molecule has 0 unspecified atom stereocenters. The summed E-state index contributed by atoms with van der Waals surface area (Å²) in [7, 11) is 0. The van der Waals surface area contributed by atoms with Gasteiger partial charge in [0.25, 0.3) is 0 Å². The second-order valence-electron chi connectivity index (χ2n) is 2.76. The third-order valence-corrected chi connectivity index (χ3v) is 2.97. The molecule has 0 aromatic carbocycles. The second kappa shape index (κ2) is 4.13. The van der Waals surface area contributed by atoms with E-state index in [2.05, 4.69) is 4.98 Å². The zero-order chi connectivity index (χ0) is 9.97. The van der Waals surface area contributed by atoms with Gasteiger partial charge in [-0.1, -0.05) is 11.6 Å². The lowest BCUT2D eigenvalue weighted by atomic mass is 10.4. The summed E-state index contributed by atoms with van der Waals surface area (Å²) in [6, 6.07) is 3.76. The average Bonchev–Trinajstić information content (AvgIpc) is 2.74. The molecule has 2 N–H and O–H groups in total. The summed E-state index contributed by atoms with van der Waals surface area (Å²) >= 11 is 7.29. The van der Waals surface area contributed by atoms with Crippen LogP contribution in [-0.2, 0) is 6.42 Å². The van der Waals surface area contributed by atoms with Gasteiger partial charge in [-0.15, -0.1) is 11.3 Å². The maximum Gasteiger partial charge on any atom is 0.196 e. The Hall–Kier alpha value is -0.840.